The molecule has 3 fully saturated rings. The molecule has 34 heavy (non-hydrogen) atoms. The van der Waals surface area contributed by atoms with Gasteiger partial charge in [0, 0.05) is 25.8 Å². The highest BCUT2D eigenvalue weighted by Crippen LogP contribution is 2.35. The molecule has 0 saturated carbocycles. The van der Waals surface area contributed by atoms with Gasteiger partial charge in [0.25, 0.3) is 5.91 Å². The zero-order valence-electron chi connectivity index (χ0n) is 20.8. The highest BCUT2D eigenvalue weighted by Gasteiger charge is 2.56. The van der Waals surface area contributed by atoms with E-state index in [2.05, 4.69) is 71.4 Å². The summed E-state index contributed by atoms with van der Waals surface area (Å²) in [5.74, 6) is 0.283. The molecule has 3 amide bonds. The molecule has 2 aromatic carbocycles. The van der Waals surface area contributed by atoms with Crippen LogP contribution in [0.5, 0.6) is 0 Å². The molecular formula is C27H35N5O2. The molecule has 4 unspecified atom stereocenters. The van der Waals surface area contributed by atoms with Crippen LogP contribution in [0.4, 0.5) is 10.5 Å². The molecule has 0 bridgehead atoms. The summed E-state index contributed by atoms with van der Waals surface area (Å²) in [6.07, 6.45) is 0.535. The highest BCUT2D eigenvalue weighted by atomic mass is 16.2. The van der Waals surface area contributed by atoms with Crippen LogP contribution in [0, 0.1) is 19.8 Å². The van der Waals surface area contributed by atoms with E-state index in [0.717, 1.165) is 41.9 Å². The zero-order valence-corrected chi connectivity index (χ0v) is 20.8. The van der Waals surface area contributed by atoms with E-state index in [1.54, 1.807) is 11.9 Å². The third kappa shape index (κ3) is 3.77. The van der Waals surface area contributed by atoms with Crippen molar-refractivity contribution in [3.63, 3.8) is 0 Å². The van der Waals surface area contributed by atoms with Crippen LogP contribution in [-0.4, -0.2) is 65.3 Å². The number of imide groups is 1. The maximum absolute atomic E-state index is 13.8. The molecule has 7 heteroatoms. The minimum absolute atomic E-state index is 0.112. The molecule has 0 aromatic heterocycles. The molecule has 3 saturated heterocycles. The number of carbonyl (C=O) groups excluding carboxylic acids is 2. The number of hydrogen-bond acceptors (Lipinski definition) is 5. The van der Waals surface area contributed by atoms with Crippen LogP contribution >= 0.6 is 0 Å². The quantitative estimate of drug-likeness (QED) is 0.757. The normalized spacial score (nSPS) is 27.3. The third-order valence-electron chi connectivity index (χ3n) is 7.59. The number of aryl methyl sites for hydroxylation is 3. The van der Waals surface area contributed by atoms with Gasteiger partial charge in [-0.05, 0) is 55.0 Å². The monoisotopic (exact) mass is 461 g/mol. The third-order valence-corrected chi connectivity index (χ3v) is 7.59. The van der Waals surface area contributed by atoms with Crippen molar-refractivity contribution in [3.8, 4) is 0 Å². The first-order chi connectivity index (χ1) is 16.3. The van der Waals surface area contributed by atoms with Gasteiger partial charge in [-0.25, -0.2) is 4.79 Å². The number of anilines is 1. The van der Waals surface area contributed by atoms with Gasteiger partial charge in [-0.15, -0.1) is 0 Å². The molecular weight excluding hydrogens is 426 g/mol. The van der Waals surface area contributed by atoms with Crippen molar-refractivity contribution in [2.45, 2.75) is 59.2 Å². The average molecular weight is 462 g/mol. The lowest BCUT2D eigenvalue weighted by molar-refractivity contribution is -0.139. The fourth-order valence-corrected chi connectivity index (χ4v) is 5.63. The maximum Gasteiger partial charge on any atom is 0.328 e. The van der Waals surface area contributed by atoms with Gasteiger partial charge < -0.3 is 9.80 Å². The maximum atomic E-state index is 13.8. The van der Waals surface area contributed by atoms with E-state index in [-0.39, 0.29) is 24.4 Å². The van der Waals surface area contributed by atoms with Crippen molar-refractivity contribution in [3.05, 3.63) is 64.7 Å². The number of urea groups is 1. The van der Waals surface area contributed by atoms with E-state index in [4.69, 9.17) is 0 Å². The second-order valence-electron chi connectivity index (χ2n) is 10.2. The van der Waals surface area contributed by atoms with Gasteiger partial charge in [-0.1, -0.05) is 49.7 Å². The first-order valence-electron chi connectivity index (χ1n) is 12.3. The molecule has 1 N–H and O–H groups in total. The molecule has 2 aromatic rings. The Labute approximate surface area is 202 Å². The van der Waals surface area contributed by atoms with Crippen LogP contribution in [-0.2, 0) is 17.8 Å². The Balaban J connectivity index is 1.45. The summed E-state index contributed by atoms with van der Waals surface area (Å²) in [4.78, 5) is 34.9. The summed E-state index contributed by atoms with van der Waals surface area (Å²) in [7, 11) is 1.80. The second-order valence-corrected chi connectivity index (χ2v) is 10.2. The highest BCUT2D eigenvalue weighted by molar-refractivity contribution is 6.00. The Morgan fingerprint density at radius 3 is 2.47 bits per heavy atom. The number of fused-ring (bicyclic) bond motifs is 3. The van der Waals surface area contributed by atoms with Gasteiger partial charge in [0.1, 0.15) is 18.5 Å². The van der Waals surface area contributed by atoms with Crippen LogP contribution < -0.4 is 10.2 Å². The lowest BCUT2D eigenvalue weighted by atomic mass is 10.0. The standard InChI is InChI=1S/C27H35N5O2/c1-6-20-9-11-22(12-10-20)30-14-18(3)15-31-23-24(28-26(30)31)29(5)27(34)32(25(23)33)16-21-13-17(2)7-8-19(21)4/h7-13,18,23-24,26,28H,6,14-16H2,1-5H3. The molecule has 7 nitrogen and oxygen atoms in total. The van der Waals surface area contributed by atoms with Crippen molar-refractivity contribution < 1.29 is 9.59 Å². The van der Waals surface area contributed by atoms with E-state index in [1.807, 2.05) is 13.8 Å². The minimum atomic E-state index is -0.405. The van der Waals surface area contributed by atoms with E-state index >= 15 is 0 Å². The van der Waals surface area contributed by atoms with Crippen molar-refractivity contribution in [1.82, 2.24) is 20.0 Å². The average Bonchev–Trinajstić information content (AvgIpc) is 3.21. The summed E-state index contributed by atoms with van der Waals surface area (Å²) < 4.78 is 0. The molecule has 4 atom stereocenters. The van der Waals surface area contributed by atoms with Crippen LogP contribution in [0.15, 0.2) is 42.5 Å². The summed E-state index contributed by atoms with van der Waals surface area (Å²) >= 11 is 0. The Morgan fingerprint density at radius 2 is 1.76 bits per heavy atom. The molecule has 0 aliphatic carbocycles. The summed E-state index contributed by atoms with van der Waals surface area (Å²) in [5, 5.41) is 3.62. The van der Waals surface area contributed by atoms with E-state index in [0.29, 0.717) is 12.5 Å². The first kappa shape index (κ1) is 22.9. The minimum Gasteiger partial charge on any atom is -0.343 e. The van der Waals surface area contributed by atoms with Gasteiger partial charge in [-0.3, -0.25) is 19.9 Å². The van der Waals surface area contributed by atoms with Crippen LogP contribution in [0.2, 0.25) is 0 Å². The number of nitrogens with one attached hydrogen (secondary N) is 1. The molecule has 5 rings (SSSR count). The van der Waals surface area contributed by atoms with Gasteiger partial charge in [0.15, 0.2) is 0 Å². The summed E-state index contributed by atoms with van der Waals surface area (Å²) in [6, 6.07) is 14.2. The van der Waals surface area contributed by atoms with Crippen LogP contribution in [0.3, 0.4) is 0 Å². The number of hydrogen-bond donors (Lipinski definition) is 1. The molecule has 180 valence electrons. The van der Waals surface area contributed by atoms with Crippen molar-refractivity contribution >= 4 is 17.6 Å². The van der Waals surface area contributed by atoms with E-state index in [9.17, 15) is 9.59 Å². The molecule has 3 aliphatic heterocycles. The van der Waals surface area contributed by atoms with Gasteiger partial charge >= 0.3 is 6.03 Å². The number of likely N-dealkylation sites (N-methyl/N-ethyl adjacent to an activating group) is 1. The first-order valence-corrected chi connectivity index (χ1v) is 12.3. The van der Waals surface area contributed by atoms with E-state index in [1.165, 1.54) is 10.5 Å². The predicted molar refractivity (Wildman–Crippen MR) is 133 cm³/mol. The largest absolute Gasteiger partial charge is 0.343 e. The van der Waals surface area contributed by atoms with Gasteiger partial charge in [0.05, 0.1) is 6.54 Å². The summed E-state index contributed by atoms with van der Waals surface area (Å²) in [5.41, 5.74) is 5.67. The lowest BCUT2D eigenvalue weighted by Gasteiger charge is -2.46. The van der Waals surface area contributed by atoms with Crippen LogP contribution in [0.25, 0.3) is 0 Å². The Kier molecular flexibility index (Phi) is 5.86. The predicted octanol–water partition coefficient (Wildman–Crippen LogP) is 3.30. The molecule has 3 heterocycles. The summed E-state index contributed by atoms with van der Waals surface area (Å²) in [6.45, 7) is 10.5. The van der Waals surface area contributed by atoms with Crippen molar-refractivity contribution in [2.24, 2.45) is 5.92 Å². The number of benzene rings is 2. The molecule has 0 spiro atoms. The lowest BCUT2D eigenvalue weighted by Crippen LogP contribution is -2.66. The number of nitrogens with zero attached hydrogens (tertiary/aromatic N) is 4. The Hall–Kier alpha value is -2.90. The van der Waals surface area contributed by atoms with Crippen molar-refractivity contribution in [2.75, 3.05) is 25.0 Å². The van der Waals surface area contributed by atoms with Crippen LogP contribution in [0.1, 0.15) is 36.1 Å². The van der Waals surface area contributed by atoms with Gasteiger partial charge in [0.2, 0.25) is 0 Å². The van der Waals surface area contributed by atoms with Crippen molar-refractivity contribution in [1.29, 1.82) is 0 Å². The van der Waals surface area contributed by atoms with Gasteiger partial charge in [-0.2, -0.15) is 0 Å². The zero-order chi connectivity index (χ0) is 24.1. The number of amides is 3. The SMILES string of the molecule is CCc1ccc(N2CC(C)CN3C4C(=O)N(Cc5cc(C)ccc5C)C(=O)N(C)C4NC23)cc1. The molecule has 3 aliphatic rings. The van der Waals surface area contributed by atoms with E-state index < -0.39 is 6.04 Å². The Morgan fingerprint density at radius 1 is 1.03 bits per heavy atom. The second kappa shape index (κ2) is 8.71. The number of carbonyl (C=O) groups is 2. The number of rotatable bonds is 4. The Bertz CT molecular complexity index is 1100. The fraction of sp³-hybridized carbons (Fsp3) is 0.481. The molecule has 0 radical (unpaired) electrons. The topological polar surface area (TPSA) is 59.1 Å². The smallest absolute Gasteiger partial charge is 0.328 e. The fourth-order valence-electron chi connectivity index (χ4n) is 5.63.